The zero-order valence-electron chi connectivity index (χ0n) is 29.0. The largest absolute Gasteiger partial charge is 0.456 e. The van der Waals surface area contributed by atoms with Gasteiger partial charge in [0.25, 0.3) is 0 Å². The van der Waals surface area contributed by atoms with Crippen molar-refractivity contribution in [3.05, 3.63) is 182 Å². The Kier molecular flexibility index (Phi) is 6.79. The Morgan fingerprint density at radius 2 is 0.963 bits per heavy atom. The minimum absolute atomic E-state index is 0.586. The molecular weight excluding hydrogens is 661 g/mol. The average Bonchev–Trinajstić information content (AvgIpc) is 3.80. The maximum absolute atomic E-state index is 6.87. The summed E-state index contributed by atoms with van der Waals surface area (Å²) in [4.78, 5) is 15.3. The quantitative estimate of drug-likeness (QED) is 0.180. The molecule has 0 amide bonds. The van der Waals surface area contributed by atoms with E-state index in [9.17, 15) is 0 Å². The van der Waals surface area contributed by atoms with Crippen molar-refractivity contribution in [2.24, 2.45) is 0 Å². The van der Waals surface area contributed by atoms with Gasteiger partial charge in [0.2, 0.25) is 0 Å². The normalized spacial score (nSPS) is 11.7. The number of hydrogen-bond donors (Lipinski definition) is 0. The van der Waals surface area contributed by atoms with Crippen molar-refractivity contribution in [1.82, 2.24) is 19.5 Å². The Labute approximate surface area is 310 Å². The van der Waals surface area contributed by atoms with E-state index in [0.717, 1.165) is 66.5 Å². The maximum atomic E-state index is 6.87. The van der Waals surface area contributed by atoms with Gasteiger partial charge in [-0.25, -0.2) is 15.0 Å². The van der Waals surface area contributed by atoms with Crippen molar-refractivity contribution in [2.45, 2.75) is 0 Å². The first-order valence-corrected chi connectivity index (χ1v) is 18.1. The highest BCUT2D eigenvalue weighted by atomic mass is 16.3. The zero-order valence-corrected chi connectivity index (χ0v) is 29.0. The number of benzene rings is 8. The monoisotopic (exact) mass is 690 g/mol. The summed E-state index contributed by atoms with van der Waals surface area (Å²) in [6.07, 6.45) is 0. The van der Waals surface area contributed by atoms with E-state index in [1.807, 2.05) is 72.8 Å². The molecule has 3 aromatic heterocycles. The van der Waals surface area contributed by atoms with Crippen molar-refractivity contribution in [3.63, 3.8) is 0 Å². The van der Waals surface area contributed by atoms with Crippen LogP contribution in [0.5, 0.6) is 0 Å². The van der Waals surface area contributed by atoms with Gasteiger partial charge in [0.05, 0.1) is 22.1 Å². The highest BCUT2D eigenvalue weighted by Crippen LogP contribution is 2.44. The molecule has 0 spiro atoms. The lowest BCUT2D eigenvalue weighted by molar-refractivity contribution is 0.669. The van der Waals surface area contributed by atoms with Crippen molar-refractivity contribution < 1.29 is 4.42 Å². The topological polar surface area (TPSA) is 56.7 Å². The van der Waals surface area contributed by atoms with Gasteiger partial charge in [0.1, 0.15) is 11.2 Å². The SMILES string of the molecule is c1ccc(-c2nc(-c3ccccc3)nc(-c3cccc4oc5cc(-c6ccc7ccccc7c6)cc(-n6c7ccccc7c7ccccc76)c5c34)n2)cc1. The molecule has 252 valence electrons. The van der Waals surface area contributed by atoms with E-state index in [1.54, 1.807) is 0 Å². The van der Waals surface area contributed by atoms with E-state index in [0.29, 0.717) is 17.5 Å². The molecule has 0 aliphatic carbocycles. The molecule has 0 bridgehead atoms. The van der Waals surface area contributed by atoms with Crippen molar-refractivity contribution in [1.29, 1.82) is 0 Å². The summed E-state index contributed by atoms with van der Waals surface area (Å²) in [5.74, 6) is 1.82. The second kappa shape index (κ2) is 12.1. The summed E-state index contributed by atoms with van der Waals surface area (Å²) >= 11 is 0. The second-order valence-corrected chi connectivity index (χ2v) is 13.6. The van der Waals surface area contributed by atoms with Crippen LogP contribution >= 0.6 is 0 Å². The highest BCUT2D eigenvalue weighted by Gasteiger charge is 2.23. The van der Waals surface area contributed by atoms with Gasteiger partial charge in [0.15, 0.2) is 17.5 Å². The van der Waals surface area contributed by atoms with Gasteiger partial charge >= 0.3 is 0 Å². The molecule has 54 heavy (non-hydrogen) atoms. The van der Waals surface area contributed by atoms with Crippen LogP contribution in [-0.2, 0) is 0 Å². The second-order valence-electron chi connectivity index (χ2n) is 13.6. The fraction of sp³-hybridized carbons (Fsp3) is 0. The molecule has 5 nitrogen and oxygen atoms in total. The average molecular weight is 691 g/mol. The lowest BCUT2D eigenvalue weighted by Crippen LogP contribution is -2.00. The lowest BCUT2D eigenvalue weighted by Gasteiger charge is -2.14. The fourth-order valence-corrected chi connectivity index (χ4v) is 7.93. The van der Waals surface area contributed by atoms with Crippen LogP contribution in [-0.4, -0.2) is 19.5 Å². The minimum atomic E-state index is 0.586. The predicted octanol–water partition coefficient (Wildman–Crippen LogP) is 12.7. The minimum Gasteiger partial charge on any atom is -0.456 e. The number of rotatable bonds is 5. The van der Waals surface area contributed by atoms with E-state index < -0.39 is 0 Å². The van der Waals surface area contributed by atoms with Crippen molar-refractivity contribution in [2.75, 3.05) is 0 Å². The Morgan fingerprint density at radius 1 is 0.370 bits per heavy atom. The molecule has 5 heteroatoms. The lowest BCUT2D eigenvalue weighted by atomic mass is 9.97. The van der Waals surface area contributed by atoms with Crippen LogP contribution in [0, 0.1) is 0 Å². The van der Waals surface area contributed by atoms with Gasteiger partial charge < -0.3 is 8.98 Å². The molecule has 11 rings (SSSR count). The molecule has 11 aromatic rings. The van der Waals surface area contributed by atoms with Gasteiger partial charge in [-0.1, -0.05) is 146 Å². The van der Waals surface area contributed by atoms with Crippen LogP contribution in [0.4, 0.5) is 0 Å². The van der Waals surface area contributed by atoms with Crippen LogP contribution in [0.2, 0.25) is 0 Å². The molecule has 0 saturated carbocycles. The van der Waals surface area contributed by atoms with Crippen LogP contribution in [0.3, 0.4) is 0 Å². The molecule has 8 aromatic carbocycles. The summed E-state index contributed by atoms with van der Waals surface area (Å²) in [5.41, 5.74) is 9.76. The van der Waals surface area contributed by atoms with E-state index in [1.165, 1.54) is 21.5 Å². The molecule has 0 fully saturated rings. The number of para-hydroxylation sites is 2. The van der Waals surface area contributed by atoms with Crippen LogP contribution in [0.25, 0.3) is 105 Å². The molecule has 0 radical (unpaired) electrons. The Hall–Kier alpha value is -7.37. The van der Waals surface area contributed by atoms with Gasteiger partial charge in [0, 0.05) is 32.8 Å². The standard InChI is InChI=1S/C49H30N4O/c1-3-15-32(16-4-1)47-50-48(33-17-5-2-6-18-33)52-49(51-47)39-22-13-25-43-45(39)46-42(53-40-23-11-9-20-37(40)38-21-10-12-24-41(38)53)29-36(30-44(46)54-43)35-27-26-31-14-7-8-19-34(31)28-35/h1-30H. The molecule has 0 atom stereocenters. The number of furan rings is 1. The Bertz CT molecular complexity index is 3110. The van der Waals surface area contributed by atoms with Crippen LogP contribution in [0.15, 0.2) is 186 Å². The molecule has 0 unspecified atom stereocenters. The molecular formula is C49H30N4O. The molecule has 3 heterocycles. The molecule has 0 aliphatic heterocycles. The van der Waals surface area contributed by atoms with E-state index >= 15 is 0 Å². The molecule has 0 aliphatic rings. The third-order valence-electron chi connectivity index (χ3n) is 10.4. The first-order valence-electron chi connectivity index (χ1n) is 18.1. The molecule has 0 N–H and O–H groups in total. The first kappa shape index (κ1) is 30.3. The van der Waals surface area contributed by atoms with Crippen molar-refractivity contribution >= 4 is 54.5 Å². The number of aromatic nitrogens is 4. The predicted molar refractivity (Wildman–Crippen MR) is 221 cm³/mol. The van der Waals surface area contributed by atoms with Gasteiger partial charge in [-0.2, -0.15) is 0 Å². The van der Waals surface area contributed by atoms with E-state index in [-0.39, 0.29) is 0 Å². The summed E-state index contributed by atoms with van der Waals surface area (Å²) in [6, 6.07) is 63.3. The number of hydrogen-bond acceptors (Lipinski definition) is 4. The zero-order chi connectivity index (χ0) is 35.6. The van der Waals surface area contributed by atoms with Gasteiger partial charge in [-0.15, -0.1) is 0 Å². The number of nitrogens with zero attached hydrogens (tertiary/aromatic N) is 4. The third kappa shape index (κ3) is 4.83. The summed E-state index contributed by atoms with van der Waals surface area (Å²) in [5, 5.41) is 6.75. The smallest absolute Gasteiger partial charge is 0.164 e. The Morgan fingerprint density at radius 3 is 1.65 bits per heavy atom. The summed E-state index contributed by atoms with van der Waals surface area (Å²) in [6.45, 7) is 0. The third-order valence-corrected chi connectivity index (χ3v) is 10.4. The van der Waals surface area contributed by atoms with Gasteiger partial charge in [-0.3, -0.25) is 0 Å². The molecule has 0 saturated heterocycles. The van der Waals surface area contributed by atoms with Gasteiger partial charge in [-0.05, 0) is 58.3 Å². The number of fused-ring (bicyclic) bond motifs is 7. The first-order chi connectivity index (χ1) is 26.8. The Balaban J connectivity index is 1.25. The van der Waals surface area contributed by atoms with E-state index in [4.69, 9.17) is 19.4 Å². The van der Waals surface area contributed by atoms with Crippen LogP contribution < -0.4 is 0 Å². The summed E-state index contributed by atoms with van der Waals surface area (Å²) < 4.78 is 9.26. The van der Waals surface area contributed by atoms with E-state index in [2.05, 4.69) is 114 Å². The van der Waals surface area contributed by atoms with Crippen molar-refractivity contribution in [3.8, 4) is 51.0 Å². The highest BCUT2D eigenvalue weighted by molar-refractivity contribution is 6.18. The van der Waals surface area contributed by atoms with Crippen LogP contribution in [0.1, 0.15) is 0 Å². The maximum Gasteiger partial charge on any atom is 0.164 e. The summed E-state index contributed by atoms with van der Waals surface area (Å²) in [7, 11) is 0. The fourth-order valence-electron chi connectivity index (χ4n) is 7.93.